The zero-order chi connectivity index (χ0) is 5.70. The molecule has 0 spiro atoms. The van der Waals surface area contributed by atoms with Gasteiger partial charge in [0, 0.05) is 5.88 Å². The monoisotopic (exact) mass is 120 g/mol. The van der Waals surface area contributed by atoms with E-state index in [1.807, 2.05) is 0 Å². The summed E-state index contributed by atoms with van der Waals surface area (Å²) in [6.07, 6.45) is 1.46. The number of alkyl halides is 1. The molecule has 0 aromatic rings. The van der Waals surface area contributed by atoms with Crippen molar-refractivity contribution in [2.24, 2.45) is 0 Å². The highest BCUT2D eigenvalue weighted by Gasteiger charge is 1.94. The van der Waals surface area contributed by atoms with Gasteiger partial charge in [-0.25, -0.2) is 0 Å². The van der Waals surface area contributed by atoms with Crippen molar-refractivity contribution in [1.82, 2.24) is 0 Å². The summed E-state index contributed by atoms with van der Waals surface area (Å²) in [6.45, 7) is 0. The minimum atomic E-state index is -1.36. The summed E-state index contributed by atoms with van der Waals surface area (Å²) >= 11 is 5.14. The third-order valence-electron chi connectivity index (χ3n) is 0.397. The smallest absolute Gasteiger partial charge is 0.424 e. The highest BCUT2D eigenvalue weighted by Crippen LogP contribution is 1.77. The summed E-state index contributed by atoms with van der Waals surface area (Å²) in [4.78, 5) is 0. The summed E-state index contributed by atoms with van der Waals surface area (Å²) in [5.74, 6) is 1.52. The Labute approximate surface area is 47.6 Å². The Morgan fingerprint density at radius 1 is 1.57 bits per heavy atom. The lowest BCUT2D eigenvalue weighted by Crippen LogP contribution is -2.05. The second-order valence-electron chi connectivity index (χ2n) is 0.996. The van der Waals surface area contributed by atoms with E-state index in [0.717, 1.165) is 0 Å². The van der Waals surface area contributed by atoms with Crippen molar-refractivity contribution >= 4 is 18.7 Å². The molecule has 2 N–H and O–H groups in total. The summed E-state index contributed by atoms with van der Waals surface area (Å²) in [6, 6.07) is 0. The number of halogens is 1. The lowest BCUT2D eigenvalue weighted by Gasteiger charge is -1.80. The minimum Gasteiger partial charge on any atom is -0.424 e. The maximum absolute atomic E-state index is 8.09. The van der Waals surface area contributed by atoms with E-state index < -0.39 is 7.12 Å². The van der Waals surface area contributed by atoms with Crippen molar-refractivity contribution < 1.29 is 10.0 Å². The summed E-state index contributed by atoms with van der Waals surface area (Å²) in [5.41, 5.74) is 0. The molecule has 0 aromatic carbocycles. The van der Waals surface area contributed by atoms with Crippen molar-refractivity contribution in [3.05, 3.63) is 12.1 Å². The van der Waals surface area contributed by atoms with E-state index >= 15 is 0 Å². The molecule has 0 aliphatic heterocycles. The first-order chi connectivity index (χ1) is 3.27. The van der Waals surface area contributed by atoms with Gasteiger partial charge in [0.25, 0.3) is 0 Å². The standard InChI is InChI=1S/C3H6BClO2/c5-3-1-2-4(6)7/h1-2,6-7H,3H2/b2-1+. The van der Waals surface area contributed by atoms with Crippen molar-refractivity contribution in [2.45, 2.75) is 0 Å². The molecule has 0 aromatic heterocycles. The Kier molecular flexibility index (Phi) is 4.19. The normalized spacial score (nSPS) is 10.1. The molecule has 0 radical (unpaired) electrons. The molecule has 7 heavy (non-hydrogen) atoms. The molecule has 4 heteroatoms. The fourth-order valence-corrected chi connectivity index (χ4v) is 0.276. The van der Waals surface area contributed by atoms with Gasteiger partial charge in [-0.3, -0.25) is 0 Å². The van der Waals surface area contributed by atoms with Crippen molar-refractivity contribution in [1.29, 1.82) is 0 Å². The van der Waals surface area contributed by atoms with E-state index in [1.54, 1.807) is 0 Å². The van der Waals surface area contributed by atoms with E-state index in [-0.39, 0.29) is 0 Å². The van der Waals surface area contributed by atoms with Gasteiger partial charge >= 0.3 is 7.12 Å². The maximum atomic E-state index is 8.09. The Hall–Kier alpha value is 0.0149. The van der Waals surface area contributed by atoms with Crippen LogP contribution in [0.2, 0.25) is 0 Å². The predicted octanol–water partition coefficient (Wildman–Crippen LogP) is -0.207. The molecule has 0 aliphatic carbocycles. The van der Waals surface area contributed by atoms with Gasteiger partial charge in [0.15, 0.2) is 0 Å². The topological polar surface area (TPSA) is 40.5 Å². The van der Waals surface area contributed by atoms with Crippen LogP contribution in [0.3, 0.4) is 0 Å². The summed E-state index contributed by atoms with van der Waals surface area (Å²) in [5, 5.41) is 16.2. The zero-order valence-corrected chi connectivity index (χ0v) is 4.47. The van der Waals surface area contributed by atoms with Crippen LogP contribution in [0.1, 0.15) is 0 Å². The van der Waals surface area contributed by atoms with Gasteiger partial charge < -0.3 is 10.0 Å². The number of hydrogen-bond donors (Lipinski definition) is 2. The second kappa shape index (κ2) is 4.18. The lowest BCUT2D eigenvalue weighted by atomic mass is 9.92. The van der Waals surface area contributed by atoms with E-state index in [0.29, 0.717) is 5.88 Å². The van der Waals surface area contributed by atoms with E-state index in [2.05, 4.69) is 0 Å². The van der Waals surface area contributed by atoms with Crippen molar-refractivity contribution in [2.75, 3.05) is 5.88 Å². The third kappa shape index (κ3) is 6.01. The second-order valence-corrected chi connectivity index (χ2v) is 1.30. The van der Waals surface area contributed by atoms with Crippen LogP contribution in [0.25, 0.3) is 0 Å². The van der Waals surface area contributed by atoms with E-state index in [1.165, 1.54) is 12.1 Å². The molecule has 2 nitrogen and oxygen atoms in total. The maximum Gasteiger partial charge on any atom is 0.480 e. The van der Waals surface area contributed by atoms with Gasteiger partial charge in [-0.05, 0) is 0 Å². The van der Waals surface area contributed by atoms with Gasteiger partial charge in [-0.2, -0.15) is 0 Å². The first-order valence-electron chi connectivity index (χ1n) is 1.86. The molecule has 0 aliphatic rings. The molecule has 40 valence electrons. The van der Waals surface area contributed by atoms with Crippen LogP contribution in [-0.2, 0) is 0 Å². The third-order valence-corrected chi connectivity index (χ3v) is 0.575. The van der Waals surface area contributed by atoms with Gasteiger partial charge in [0.1, 0.15) is 0 Å². The molecular weight excluding hydrogens is 114 g/mol. The first-order valence-corrected chi connectivity index (χ1v) is 2.39. The molecule has 0 amide bonds. The Morgan fingerprint density at radius 2 is 2.14 bits per heavy atom. The van der Waals surface area contributed by atoms with Crippen LogP contribution in [0.15, 0.2) is 12.1 Å². The Morgan fingerprint density at radius 3 is 2.29 bits per heavy atom. The summed E-state index contributed by atoms with van der Waals surface area (Å²) in [7, 11) is -1.36. The highest BCUT2D eigenvalue weighted by molar-refractivity contribution is 6.47. The number of allylic oxidation sites excluding steroid dienone is 1. The van der Waals surface area contributed by atoms with Gasteiger partial charge in [-0.1, -0.05) is 12.1 Å². The number of hydrogen-bond acceptors (Lipinski definition) is 2. The first kappa shape index (κ1) is 7.01. The fraction of sp³-hybridized carbons (Fsp3) is 0.333. The minimum absolute atomic E-state index is 0.317. The van der Waals surface area contributed by atoms with Crippen LogP contribution in [-0.4, -0.2) is 23.0 Å². The molecule has 0 fully saturated rings. The Balaban J connectivity index is 3.08. The number of rotatable bonds is 2. The molecule has 0 saturated carbocycles. The molecular formula is C3H6BClO2. The predicted molar refractivity (Wildman–Crippen MR) is 30.1 cm³/mol. The van der Waals surface area contributed by atoms with Gasteiger partial charge in [0.2, 0.25) is 0 Å². The van der Waals surface area contributed by atoms with E-state index in [4.69, 9.17) is 21.6 Å². The van der Waals surface area contributed by atoms with Crippen LogP contribution >= 0.6 is 11.6 Å². The van der Waals surface area contributed by atoms with Crippen LogP contribution < -0.4 is 0 Å². The molecule has 0 atom stereocenters. The molecule has 0 bridgehead atoms. The largest absolute Gasteiger partial charge is 0.480 e. The SMILES string of the molecule is OB(O)/C=C/CCl. The van der Waals surface area contributed by atoms with Crippen LogP contribution in [0.5, 0.6) is 0 Å². The van der Waals surface area contributed by atoms with Crippen LogP contribution in [0.4, 0.5) is 0 Å². The quantitative estimate of drug-likeness (QED) is 0.391. The van der Waals surface area contributed by atoms with Gasteiger partial charge in [-0.15, -0.1) is 11.6 Å². The highest BCUT2D eigenvalue weighted by atomic mass is 35.5. The lowest BCUT2D eigenvalue weighted by molar-refractivity contribution is 0.424. The van der Waals surface area contributed by atoms with Crippen molar-refractivity contribution in [3.63, 3.8) is 0 Å². The summed E-state index contributed by atoms with van der Waals surface area (Å²) < 4.78 is 0. The van der Waals surface area contributed by atoms with Crippen LogP contribution in [0, 0.1) is 0 Å². The average molecular weight is 120 g/mol. The zero-order valence-electron chi connectivity index (χ0n) is 3.71. The van der Waals surface area contributed by atoms with Gasteiger partial charge in [0.05, 0.1) is 0 Å². The van der Waals surface area contributed by atoms with Crippen molar-refractivity contribution in [3.8, 4) is 0 Å². The average Bonchev–Trinajstić information content (AvgIpc) is 1.61. The Bertz CT molecular complexity index is 64.0. The molecule has 0 rings (SSSR count). The molecule has 0 heterocycles. The molecule has 0 unspecified atom stereocenters. The fourth-order valence-electron chi connectivity index (χ4n) is 0.173. The molecule has 0 saturated heterocycles. The van der Waals surface area contributed by atoms with E-state index in [9.17, 15) is 0 Å².